The molecule has 1 aromatic heterocycles. The van der Waals surface area contributed by atoms with Crippen molar-refractivity contribution in [3.63, 3.8) is 0 Å². The molecule has 0 spiro atoms. The van der Waals surface area contributed by atoms with Crippen LogP contribution in [-0.2, 0) is 17.9 Å². The predicted molar refractivity (Wildman–Crippen MR) is 112 cm³/mol. The standard InChI is InChI=1S/C23H27N3O3/c1-23(2,3)29-22(27)25-12-11-19(25)15-26-21-10-9-20(13-18(21)14-24-26)28-16-17-7-5-4-6-8-17/h4-10,13-14,19H,11-12,15-16H2,1-3H3. The van der Waals surface area contributed by atoms with Crippen molar-refractivity contribution in [1.29, 1.82) is 0 Å². The first kappa shape index (κ1) is 19.3. The molecule has 6 heteroatoms. The number of likely N-dealkylation sites (tertiary alicyclic amines) is 1. The van der Waals surface area contributed by atoms with E-state index in [9.17, 15) is 4.79 Å². The first-order valence-corrected chi connectivity index (χ1v) is 10.0. The Bertz CT molecular complexity index is 992. The molecule has 6 nitrogen and oxygen atoms in total. The first-order valence-electron chi connectivity index (χ1n) is 10.0. The van der Waals surface area contributed by atoms with Crippen molar-refractivity contribution in [2.75, 3.05) is 6.54 Å². The molecule has 1 aliphatic rings. The number of hydrogen-bond donors (Lipinski definition) is 0. The van der Waals surface area contributed by atoms with Gasteiger partial charge in [0.2, 0.25) is 0 Å². The van der Waals surface area contributed by atoms with Gasteiger partial charge in [-0.3, -0.25) is 4.68 Å². The second-order valence-corrected chi connectivity index (χ2v) is 8.44. The summed E-state index contributed by atoms with van der Waals surface area (Å²) < 4.78 is 13.4. The molecule has 1 amide bonds. The smallest absolute Gasteiger partial charge is 0.410 e. The van der Waals surface area contributed by atoms with Crippen LogP contribution >= 0.6 is 0 Å². The van der Waals surface area contributed by atoms with E-state index in [0.717, 1.165) is 35.2 Å². The number of fused-ring (bicyclic) bond motifs is 1. The molecule has 1 atom stereocenters. The third-order valence-electron chi connectivity index (χ3n) is 5.02. The zero-order chi connectivity index (χ0) is 20.4. The summed E-state index contributed by atoms with van der Waals surface area (Å²) in [5.41, 5.74) is 1.69. The van der Waals surface area contributed by atoms with Crippen molar-refractivity contribution in [3.05, 3.63) is 60.3 Å². The lowest BCUT2D eigenvalue weighted by molar-refractivity contribution is -0.00861. The average Bonchev–Trinajstić information content (AvgIpc) is 3.05. The Balaban J connectivity index is 1.41. The van der Waals surface area contributed by atoms with Crippen molar-refractivity contribution < 1.29 is 14.3 Å². The molecule has 152 valence electrons. The highest BCUT2D eigenvalue weighted by molar-refractivity contribution is 5.80. The molecule has 3 aromatic rings. The molecule has 0 radical (unpaired) electrons. The third kappa shape index (κ3) is 4.53. The number of rotatable bonds is 5. The van der Waals surface area contributed by atoms with Gasteiger partial charge in [-0.15, -0.1) is 0 Å². The van der Waals surface area contributed by atoms with Gasteiger partial charge < -0.3 is 14.4 Å². The van der Waals surface area contributed by atoms with Crippen molar-refractivity contribution in [2.45, 2.75) is 52.0 Å². The fourth-order valence-electron chi connectivity index (χ4n) is 3.43. The van der Waals surface area contributed by atoms with Gasteiger partial charge in [0.15, 0.2) is 0 Å². The van der Waals surface area contributed by atoms with E-state index in [-0.39, 0.29) is 12.1 Å². The zero-order valence-electron chi connectivity index (χ0n) is 17.2. The maximum absolute atomic E-state index is 12.3. The monoisotopic (exact) mass is 393 g/mol. The molecule has 4 rings (SSSR count). The Hall–Kier alpha value is -3.02. The Labute approximate surface area is 171 Å². The van der Waals surface area contributed by atoms with Crippen molar-refractivity contribution >= 4 is 17.0 Å². The lowest BCUT2D eigenvalue weighted by Crippen LogP contribution is -2.54. The molecule has 1 unspecified atom stereocenters. The number of amides is 1. The molecule has 0 saturated carbocycles. The SMILES string of the molecule is CC(C)(C)OC(=O)N1CCC1Cn1ncc2cc(OCc3ccccc3)ccc21. The van der Waals surface area contributed by atoms with Gasteiger partial charge in [0.25, 0.3) is 0 Å². The Morgan fingerprint density at radius 3 is 2.66 bits per heavy atom. The summed E-state index contributed by atoms with van der Waals surface area (Å²) in [6, 6.07) is 16.2. The number of nitrogens with zero attached hydrogens (tertiary/aromatic N) is 3. The summed E-state index contributed by atoms with van der Waals surface area (Å²) in [5, 5.41) is 5.55. The highest BCUT2D eigenvalue weighted by Crippen LogP contribution is 2.26. The minimum absolute atomic E-state index is 0.113. The summed E-state index contributed by atoms with van der Waals surface area (Å²) in [6.45, 7) is 7.59. The molecule has 0 N–H and O–H groups in total. The first-order chi connectivity index (χ1) is 13.9. The maximum atomic E-state index is 12.3. The van der Waals surface area contributed by atoms with Crippen LogP contribution in [0, 0.1) is 0 Å². The van der Waals surface area contributed by atoms with Crippen LogP contribution in [0.5, 0.6) is 5.75 Å². The molecule has 0 bridgehead atoms. The van der Waals surface area contributed by atoms with E-state index in [0.29, 0.717) is 13.2 Å². The highest BCUT2D eigenvalue weighted by atomic mass is 16.6. The fourth-order valence-corrected chi connectivity index (χ4v) is 3.43. The fraction of sp³-hybridized carbons (Fsp3) is 0.391. The quantitative estimate of drug-likeness (QED) is 0.634. The van der Waals surface area contributed by atoms with Crippen LogP contribution < -0.4 is 4.74 Å². The van der Waals surface area contributed by atoms with E-state index < -0.39 is 5.60 Å². The van der Waals surface area contributed by atoms with Gasteiger partial charge in [0.1, 0.15) is 18.0 Å². The second-order valence-electron chi connectivity index (χ2n) is 8.44. The van der Waals surface area contributed by atoms with E-state index in [1.165, 1.54) is 0 Å². The van der Waals surface area contributed by atoms with E-state index in [4.69, 9.17) is 9.47 Å². The molecule has 29 heavy (non-hydrogen) atoms. The number of aromatic nitrogens is 2. The average molecular weight is 393 g/mol. The van der Waals surface area contributed by atoms with Crippen LogP contribution in [0.1, 0.15) is 32.8 Å². The van der Waals surface area contributed by atoms with Crippen molar-refractivity contribution in [3.8, 4) is 5.75 Å². The van der Waals surface area contributed by atoms with E-state index >= 15 is 0 Å². The third-order valence-corrected chi connectivity index (χ3v) is 5.02. The Morgan fingerprint density at radius 1 is 1.17 bits per heavy atom. The largest absolute Gasteiger partial charge is 0.489 e. The predicted octanol–water partition coefficient (Wildman–Crippen LogP) is 4.62. The van der Waals surface area contributed by atoms with Crippen molar-refractivity contribution in [2.24, 2.45) is 0 Å². The molecule has 2 aromatic carbocycles. The molecule has 0 aliphatic carbocycles. The molecule has 1 aliphatic heterocycles. The van der Waals surface area contributed by atoms with Gasteiger partial charge in [0.05, 0.1) is 24.3 Å². The van der Waals surface area contributed by atoms with E-state index in [1.807, 2.05) is 80.2 Å². The summed E-state index contributed by atoms with van der Waals surface area (Å²) in [5.74, 6) is 0.819. The van der Waals surface area contributed by atoms with E-state index in [1.54, 1.807) is 4.90 Å². The van der Waals surface area contributed by atoms with Crippen LogP contribution in [-0.4, -0.2) is 39.0 Å². The van der Waals surface area contributed by atoms with Gasteiger partial charge >= 0.3 is 6.09 Å². The summed E-state index contributed by atoms with van der Waals surface area (Å²) in [6.07, 6.45) is 2.56. The topological polar surface area (TPSA) is 56.6 Å². The number of hydrogen-bond acceptors (Lipinski definition) is 4. The Kier molecular flexibility index (Phi) is 5.18. The van der Waals surface area contributed by atoms with Crippen LogP contribution in [0.3, 0.4) is 0 Å². The van der Waals surface area contributed by atoms with Crippen LogP contribution in [0.2, 0.25) is 0 Å². The summed E-state index contributed by atoms with van der Waals surface area (Å²) >= 11 is 0. The zero-order valence-corrected chi connectivity index (χ0v) is 17.2. The molecule has 1 saturated heterocycles. The van der Waals surface area contributed by atoms with Gasteiger partial charge in [-0.05, 0) is 51.0 Å². The number of carbonyl (C=O) groups excluding carboxylic acids is 1. The van der Waals surface area contributed by atoms with Crippen LogP contribution in [0.25, 0.3) is 10.9 Å². The van der Waals surface area contributed by atoms with Crippen molar-refractivity contribution in [1.82, 2.24) is 14.7 Å². The van der Waals surface area contributed by atoms with Crippen LogP contribution in [0.15, 0.2) is 54.7 Å². The second kappa shape index (κ2) is 7.78. The lowest BCUT2D eigenvalue weighted by Gasteiger charge is -2.41. The lowest BCUT2D eigenvalue weighted by atomic mass is 10.0. The van der Waals surface area contributed by atoms with Gasteiger partial charge in [-0.25, -0.2) is 4.79 Å². The minimum atomic E-state index is -0.480. The van der Waals surface area contributed by atoms with Gasteiger partial charge in [0, 0.05) is 11.9 Å². The minimum Gasteiger partial charge on any atom is -0.489 e. The van der Waals surface area contributed by atoms with E-state index in [2.05, 4.69) is 5.10 Å². The molecule has 1 fully saturated rings. The number of benzene rings is 2. The molecular formula is C23H27N3O3. The molecular weight excluding hydrogens is 366 g/mol. The molecule has 2 heterocycles. The maximum Gasteiger partial charge on any atom is 0.410 e. The summed E-state index contributed by atoms with van der Waals surface area (Å²) in [7, 11) is 0. The normalized spacial score (nSPS) is 16.5. The number of ether oxygens (including phenoxy) is 2. The van der Waals surface area contributed by atoms with Gasteiger partial charge in [-0.2, -0.15) is 5.10 Å². The highest BCUT2D eigenvalue weighted by Gasteiger charge is 2.35. The summed E-state index contributed by atoms with van der Waals surface area (Å²) in [4.78, 5) is 14.1. The van der Waals surface area contributed by atoms with Gasteiger partial charge in [-0.1, -0.05) is 30.3 Å². The number of carbonyl (C=O) groups is 1. The van der Waals surface area contributed by atoms with Crippen LogP contribution in [0.4, 0.5) is 4.79 Å². The Morgan fingerprint density at radius 2 is 1.97 bits per heavy atom.